The van der Waals surface area contributed by atoms with E-state index in [4.69, 9.17) is 5.11 Å². The van der Waals surface area contributed by atoms with Crippen molar-refractivity contribution in [2.75, 3.05) is 0 Å². The van der Waals surface area contributed by atoms with Gasteiger partial charge in [0.1, 0.15) is 6.04 Å². The maximum Gasteiger partial charge on any atom is 0.401 e. The lowest BCUT2D eigenvalue weighted by Crippen LogP contribution is -2.56. The third-order valence-electron chi connectivity index (χ3n) is 3.91. The lowest BCUT2D eigenvalue weighted by atomic mass is 10.0. The van der Waals surface area contributed by atoms with Crippen molar-refractivity contribution in [3.05, 3.63) is 0 Å². The normalized spacial score (nSPS) is 22.9. The average molecular weight is 408 g/mol. The molecule has 27 heavy (non-hydrogen) atoms. The van der Waals surface area contributed by atoms with Gasteiger partial charge < -0.3 is 15.3 Å². The fraction of sp³-hybridized carbons (Fsp3) is 0.812. The molecule has 1 saturated heterocycles. The summed E-state index contributed by atoms with van der Waals surface area (Å²) in [4.78, 5) is 38.2. The highest BCUT2D eigenvalue weighted by Gasteiger charge is 2.49. The third-order valence-corrected chi connectivity index (χ3v) is 4.79. The first-order chi connectivity index (χ1) is 12.3. The van der Waals surface area contributed by atoms with Gasteiger partial charge in [-0.05, 0) is 40.0 Å². The topological polar surface area (TPSA) is 139 Å². The van der Waals surface area contributed by atoms with E-state index in [-0.39, 0.29) is 23.9 Å². The lowest BCUT2D eigenvalue weighted by molar-refractivity contribution is -0.150. The van der Waals surface area contributed by atoms with Crippen molar-refractivity contribution < 1.29 is 36.3 Å². The standard InChI is InChI=1S/C16H28N2O8S/c1-8(2)7-11(15(20)18(9(3)4)10(5)6)17-14(19)12-13(16(21)22)26-27(23,24)25-12/h8-13H,7H2,1-6H3,(H,17,19)(H,21,22)/t11-,12-,13-/m0/s1. The number of nitrogens with one attached hydrogen (secondary N) is 1. The number of carbonyl (C=O) groups is 3. The maximum atomic E-state index is 13.0. The van der Waals surface area contributed by atoms with Crippen molar-refractivity contribution in [3.63, 3.8) is 0 Å². The molecule has 1 rings (SSSR count). The van der Waals surface area contributed by atoms with Gasteiger partial charge in [-0.15, -0.1) is 0 Å². The second-order valence-corrected chi connectivity index (χ2v) is 8.61. The highest BCUT2D eigenvalue weighted by atomic mass is 32.3. The van der Waals surface area contributed by atoms with Gasteiger partial charge in [0.2, 0.25) is 12.0 Å². The summed E-state index contributed by atoms with van der Waals surface area (Å²) in [5.41, 5.74) is 0. The van der Waals surface area contributed by atoms with Crippen LogP contribution in [0.1, 0.15) is 48.0 Å². The van der Waals surface area contributed by atoms with Crippen molar-refractivity contribution >= 4 is 28.2 Å². The number of aliphatic carboxylic acids is 1. The molecule has 0 aromatic heterocycles. The smallest absolute Gasteiger partial charge is 0.401 e. The average Bonchev–Trinajstić information content (AvgIpc) is 2.81. The number of amides is 2. The Labute approximate surface area is 159 Å². The second-order valence-electron chi connectivity index (χ2n) is 7.40. The van der Waals surface area contributed by atoms with E-state index in [1.807, 2.05) is 41.5 Å². The Bertz CT molecular complexity index is 666. The van der Waals surface area contributed by atoms with Crippen LogP contribution in [0.25, 0.3) is 0 Å². The van der Waals surface area contributed by atoms with Crippen LogP contribution in [0.5, 0.6) is 0 Å². The number of carboxylic acids is 1. The minimum absolute atomic E-state index is 0.0418. The van der Waals surface area contributed by atoms with Crippen LogP contribution in [0.3, 0.4) is 0 Å². The van der Waals surface area contributed by atoms with E-state index < -0.39 is 40.5 Å². The maximum absolute atomic E-state index is 13.0. The summed E-state index contributed by atoms with van der Waals surface area (Å²) in [6, 6.07) is -1.20. The van der Waals surface area contributed by atoms with Crippen LogP contribution in [0.2, 0.25) is 0 Å². The molecule has 156 valence electrons. The van der Waals surface area contributed by atoms with Gasteiger partial charge in [0.05, 0.1) is 0 Å². The molecule has 11 heteroatoms. The molecule has 0 bridgehead atoms. The summed E-state index contributed by atoms with van der Waals surface area (Å²) in [7, 11) is -4.59. The summed E-state index contributed by atoms with van der Waals surface area (Å²) in [5, 5.41) is 11.5. The van der Waals surface area contributed by atoms with Crippen LogP contribution in [0, 0.1) is 5.92 Å². The molecule has 0 spiro atoms. The zero-order valence-corrected chi connectivity index (χ0v) is 17.1. The van der Waals surface area contributed by atoms with Gasteiger partial charge >= 0.3 is 16.4 Å². The summed E-state index contributed by atoms with van der Waals surface area (Å²) < 4.78 is 31.5. The van der Waals surface area contributed by atoms with E-state index in [9.17, 15) is 22.8 Å². The Morgan fingerprint density at radius 3 is 1.89 bits per heavy atom. The Hall–Kier alpha value is -1.72. The van der Waals surface area contributed by atoms with Gasteiger partial charge in [0.25, 0.3) is 5.91 Å². The Balaban J connectivity index is 3.07. The second kappa shape index (κ2) is 8.98. The van der Waals surface area contributed by atoms with E-state index in [0.717, 1.165) is 0 Å². The zero-order chi connectivity index (χ0) is 21.1. The van der Waals surface area contributed by atoms with Crippen molar-refractivity contribution in [1.29, 1.82) is 0 Å². The summed E-state index contributed by atoms with van der Waals surface area (Å²) in [5.74, 6) is -2.99. The number of rotatable bonds is 8. The van der Waals surface area contributed by atoms with Gasteiger partial charge in [-0.25, -0.2) is 13.2 Å². The minimum Gasteiger partial charge on any atom is -0.479 e. The van der Waals surface area contributed by atoms with Crippen LogP contribution in [0.15, 0.2) is 0 Å². The van der Waals surface area contributed by atoms with E-state index >= 15 is 0 Å². The summed E-state index contributed by atoms with van der Waals surface area (Å²) in [6.07, 6.45) is -3.61. The molecule has 0 radical (unpaired) electrons. The van der Waals surface area contributed by atoms with Gasteiger partial charge in [0, 0.05) is 12.1 Å². The van der Waals surface area contributed by atoms with Gasteiger partial charge in [0.15, 0.2) is 6.10 Å². The van der Waals surface area contributed by atoms with Crippen molar-refractivity contribution in [3.8, 4) is 0 Å². The molecule has 0 aromatic rings. The largest absolute Gasteiger partial charge is 0.479 e. The first kappa shape index (κ1) is 23.3. The molecule has 0 unspecified atom stereocenters. The predicted molar refractivity (Wildman–Crippen MR) is 94.8 cm³/mol. The molecule has 0 aromatic carbocycles. The summed E-state index contributed by atoms with van der Waals surface area (Å²) >= 11 is 0. The van der Waals surface area contributed by atoms with Gasteiger partial charge in [-0.3, -0.25) is 9.59 Å². The summed E-state index contributed by atoms with van der Waals surface area (Å²) in [6.45, 7) is 11.1. The van der Waals surface area contributed by atoms with Crippen LogP contribution < -0.4 is 5.32 Å². The number of hydrogen-bond acceptors (Lipinski definition) is 7. The number of hydrogen-bond donors (Lipinski definition) is 2. The minimum atomic E-state index is -4.59. The monoisotopic (exact) mass is 408 g/mol. The van der Waals surface area contributed by atoms with Crippen molar-refractivity contribution in [1.82, 2.24) is 10.2 Å². The quantitative estimate of drug-likeness (QED) is 0.584. The first-order valence-corrected chi connectivity index (χ1v) is 10.1. The Kier molecular flexibility index (Phi) is 7.76. The van der Waals surface area contributed by atoms with E-state index in [1.165, 1.54) is 0 Å². The zero-order valence-electron chi connectivity index (χ0n) is 16.3. The van der Waals surface area contributed by atoms with Crippen LogP contribution in [-0.4, -0.2) is 66.5 Å². The SMILES string of the molecule is CC(C)C[C@H](NC(=O)[C@H]1OS(=O)(=O)O[C@@H]1C(=O)O)C(=O)N(C(C)C)C(C)C. The molecule has 2 amide bonds. The number of nitrogens with zero attached hydrogens (tertiary/aromatic N) is 1. The van der Waals surface area contributed by atoms with Crippen LogP contribution in [0.4, 0.5) is 0 Å². The Morgan fingerprint density at radius 1 is 1.00 bits per heavy atom. The van der Waals surface area contributed by atoms with E-state index in [1.54, 1.807) is 4.90 Å². The molecule has 1 fully saturated rings. The highest BCUT2D eigenvalue weighted by molar-refractivity contribution is 7.82. The van der Waals surface area contributed by atoms with Crippen LogP contribution in [-0.2, 0) is 33.1 Å². The first-order valence-electron chi connectivity index (χ1n) is 8.73. The molecule has 1 heterocycles. The van der Waals surface area contributed by atoms with Crippen molar-refractivity contribution in [2.45, 2.75) is 78.3 Å². The Morgan fingerprint density at radius 2 is 1.48 bits per heavy atom. The fourth-order valence-electron chi connectivity index (χ4n) is 2.96. The third kappa shape index (κ3) is 6.15. The molecule has 10 nitrogen and oxygen atoms in total. The molecular formula is C16H28N2O8S. The highest BCUT2D eigenvalue weighted by Crippen LogP contribution is 2.22. The lowest BCUT2D eigenvalue weighted by Gasteiger charge is -2.35. The van der Waals surface area contributed by atoms with E-state index in [0.29, 0.717) is 6.42 Å². The molecule has 3 atom stereocenters. The number of carbonyl (C=O) groups excluding carboxylic acids is 2. The van der Waals surface area contributed by atoms with Crippen molar-refractivity contribution in [2.24, 2.45) is 5.92 Å². The van der Waals surface area contributed by atoms with Gasteiger partial charge in [-0.1, -0.05) is 13.8 Å². The predicted octanol–water partition coefficient (Wildman–Crippen LogP) is 0.276. The molecule has 1 aliphatic heterocycles. The molecule has 2 N–H and O–H groups in total. The molecular weight excluding hydrogens is 380 g/mol. The van der Waals surface area contributed by atoms with E-state index in [2.05, 4.69) is 13.7 Å². The molecule has 0 aliphatic carbocycles. The van der Waals surface area contributed by atoms with Crippen LogP contribution >= 0.6 is 0 Å². The van der Waals surface area contributed by atoms with Gasteiger partial charge in [-0.2, -0.15) is 8.42 Å². The molecule has 1 aliphatic rings. The molecule has 0 saturated carbocycles. The fourth-order valence-corrected chi connectivity index (χ4v) is 3.89. The number of carboxylic acid groups (broad SMARTS) is 1.